The molecule has 1 saturated heterocycles. The van der Waals surface area contributed by atoms with E-state index < -0.39 is 0 Å². The Hall–Kier alpha value is -2.42. The molecular formula is C20H27ClN6O2. The van der Waals surface area contributed by atoms with Gasteiger partial charge in [0.05, 0.1) is 6.54 Å². The van der Waals surface area contributed by atoms with Crippen molar-refractivity contribution < 1.29 is 9.59 Å². The molecule has 2 aliphatic rings. The van der Waals surface area contributed by atoms with E-state index >= 15 is 0 Å². The third-order valence-electron chi connectivity index (χ3n) is 5.37. The lowest BCUT2D eigenvalue weighted by atomic mass is 10.0. The summed E-state index contributed by atoms with van der Waals surface area (Å²) in [5, 5.41) is 16.5. The number of nitrogens with one attached hydrogen (secondary N) is 4. The Morgan fingerprint density at radius 2 is 1.93 bits per heavy atom. The normalized spacial score (nSPS) is 17.1. The van der Waals surface area contributed by atoms with Gasteiger partial charge >= 0.3 is 0 Å². The van der Waals surface area contributed by atoms with Crippen molar-refractivity contribution in [3.05, 3.63) is 47.3 Å². The maximum atomic E-state index is 12.6. The molecule has 8 nitrogen and oxygen atoms in total. The van der Waals surface area contributed by atoms with Crippen LogP contribution in [-0.4, -0.2) is 59.1 Å². The Bertz CT molecular complexity index is 833. The number of rotatable bonds is 5. The summed E-state index contributed by atoms with van der Waals surface area (Å²) in [6.07, 6.45) is 2.53. The van der Waals surface area contributed by atoms with E-state index in [9.17, 15) is 9.59 Å². The number of anilines is 1. The number of carbonyl (C=O) groups is 2. The highest BCUT2D eigenvalue weighted by Gasteiger charge is 2.26. The Morgan fingerprint density at radius 3 is 2.69 bits per heavy atom. The first-order valence-corrected chi connectivity index (χ1v) is 9.84. The number of halogens is 1. The third-order valence-corrected chi connectivity index (χ3v) is 5.37. The molecule has 1 aromatic heterocycles. The molecule has 0 radical (unpaired) electrons. The maximum Gasteiger partial charge on any atom is 0.272 e. The highest BCUT2D eigenvalue weighted by molar-refractivity contribution is 5.94. The highest BCUT2D eigenvalue weighted by atomic mass is 35.5. The lowest BCUT2D eigenvalue weighted by Crippen LogP contribution is -2.46. The molecule has 0 atom stereocenters. The van der Waals surface area contributed by atoms with Crippen LogP contribution in [0.2, 0.25) is 0 Å². The molecule has 9 heteroatoms. The molecule has 29 heavy (non-hydrogen) atoms. The van der Waals surface area contributed by atoms with Crippen LogP contribution in [0.1, 0.15) is 34.6 Å². The summed E-state index contributed by atoms with van der Waals surface area (Å²) in [4.78, 5) is 26.9. The van der Waals surface area contributed by atoms with Crippen LogP contribution in [0.25, 0.3) is 0 Å². The fourth-order valence-corrected chi connectivity index (χ4v) is 3.83. The van der Waals surface area contributed by atoms with Crippen LogP contribution >= 0.6 is 12.4 Å². The first kappa shape index (κ1) is 21.3. The van der Waals surface area contributed by atoms with Crippen molar-refractivity contribution in [3.8, 4) is 0 Å². The zero-order chi connectivity index (χ0) is 19.3. The van der Waals surface area contributed by atoms with E-state index in [1.807, 2.05) is 30.3 Å². The second kappa shape index (κ2) is 9.87. The molecule has 156 valence electrons. The first-order chi connectivity index (χ1) is 13.7. The van der Waals surface area contributed by atoms with Crippen LogP contribution in [0, 0.1) is 0 Å². The summed E-state index contributed by atoms with van der Waals surface area (Å²) in [5.41, 5.74) is 3.36. The van der Waals surface area contributed by atoms with Crippen molar-refractivity contribution in [2.75, 3.05) is 31.5 Å². The minimum atomic E-state index is -0.110. The average molecular weight is 419 g/mol. The number of aromatic nitrogens is 2. The number of H-pyrrole nitrogens is 1. The Labute approximate surface area is 176 Å². The van der Waals surface area contributed by atoms with Crippen molar-refractivity contribution in [2.24, 2.45) is 0 Å². The number of hydrogen-bond acceptors (Lipinski definition) is 5. The van der Waals surface area contributed by atoms with Gasteiger partial charge in [-0.15, -0.1) is 12.4 Å². The summed E-state index contributed by atoms with van der Waals surface area (Å²) < 4.78 is 0. The zero-order valence-corrected chi connectivity index (χ0v) is 17.1. The van der Waals surface area contributed by atoms with Crippen LogP contribution in [0.4, 0.5) is 5.69 Å². The van der Waals surface area contributed by atoms with E-state index in [1.54, 1.807) is 0 Å². The molecule has 2 aliphatic heterocycles. The number of nitrogens with zero attached hydrogens (tertiary/aromatic N) is 2. The summed E-state index contributed by atoms with van der Waals surface area (Å²) in [6.45, 7) is 3.53. The molecule has 2 aromatic rings. The molecule has 0 aliphatic carbocycles. The number of para-hydroxylation sites is 1. The average Bonchev–Trinajstić information content (AvgIpc) is 3.14. The van der Waals surface area contributed by atoms with E-state index in [0.29, 0.717) is 18.8 Å². The third kappa shape index (κ3) is 5.35. The SMILES string of the molecule is Cl.O=C(CN1CCC(NC(=O)c2n[nH]c3c2CNCC3)CC1)Nc1ccccc1. The van der Waals surface area contributed by atoms with Gasteiger partial charge in [-0.25, -0.2) is 0 Å². The Morgan fingerprint density at radius 1 is 1.17 bits per heavy atom. The fourth-order valence-electron chi connectivity index (χ4n) is 3.83. The predicted octanol–water partition coefficient (Wildman–Crippen LogP) is 1.31. The van der Waals surface area contributed by atoms with Gasteiger partial charge in [-0.1, -0.05) is 18.2 Å². The van der Waals surface area contributed by atoms with Gasteiger partial charge in [0, 0.05) is 55.6 Å². The highest BCUT2D eigenvalue weighted by Crippen LogP contribution is 2.17. The van der Waals surface area contributed by atoms with Crippen LogP contribution in [-0.2, 0) is 17.8 Å². The number of likely N-dealkylation sites (tertiary alicyclic amines) is 1. The van der Waals surface area contributed by atoms with Crippen LogP contribution in [0.15, 0.2) is 30.3 Å². The lowest BCUT2D eigenvalue weighted by Gasteiger charge is -2.31. The van der Waals surface area contributed by atoms with E-state index in [4.69, 9.17) is 0 Å². The molecule has 4 rings (SSSR count). The second-order valence-corrected chi connectivity index (χ2v) is 7.39. The molecule has 0 unspecified atom stereocenters. The van der Waals surface area contributed by atoms with Crippen molar-refractivity contribution in [3.63, 3.8) is 0 Å². The fraction of sp³-hybridized carbons (Fsp3) is 0.450. The van der Waals surface area contributed by atoms with Gasteiger partial charge in [0.25, 0.3) is 5.91 Å². The minimum absolute atomic E-state index is 0. The van der Waals surface area contributed by atoms with Gasteiger partial charge in [0.2, 0.25) is 5.91 Å². The van der Waals surface area contributed by atoms with Gasteiger partial charge in [0.1, 0.15) is 0 Å². The van der Waals surface area contributed by atoms with E-state index in [2.05, 4.69) is 31.0 Å². The topological polar surface area (TPSA) is 102 Å². The Kier molecular flexibility index (Phi) is 7.24. The zero-order valence-electron chi connectivity index (χ0n) is 16.2. The summed E-state index contributed by atoms with van der Waals surface area (Å²) in [5.74, 6) is -0.120. The van der Waals surface area contributed by atoms with Gasteiger partial charge in [-0.05, 0) is 25.0 Å². The number of fused-ring (bicyclic) bond motifs is 1. The second-order valence-electron chi connectivity index (χ2n) is 7.39. The number of aromatic amines is 1. The number of amides is 2. The van der Waals surface area contributed by atoms with Gasteiger partial charge in [0.15, 0.2) is 5.69 Å². The molecule has 4 N–H and O–H groups in total. The lowest BCUT2D eigenvalue weighted by molar-refractivity contribution is -0.117. The van der Waals surface area contributed by atoms with E-state index in [0.717, 1.165) is 55.8 Å². The van der Waals surface area contributed by atoms with Gasteiger partial charge in [-0.2, -0.15) is 5.10 Å². The van der Waals surface area contributed by atoms with E-state index in [-0.39, 0.29) is 30.3 Å². The monoisotopic (exact) mass is 418 g/mol. The molecule has 0 bridgehead atoms. The predicted molar refractivity (Wildman–Crippen MR) is 113 cm³/mol. The molecule has 2 amide bonds. The standard InChI is InChI=1S/C20H26N6O2.ClH/c27-18(22-14-4-2-1-3-5-14)13-26-10-7-15(8-11-26)23-20(28)19-16-12-21-9-6-17(16)24-25-19;/h1-5,15,21H,6-13H2,(H,22,27)(H,23,28)(H,24,25);1H. The number of hydrogen-bond donors (Lipinski definition) is 4. The summed E-state index contributed by atoms with van der Waals surface area (Å²) in [7, 11) is 0. The molecule has 3 heterocycles. The van der Waals surface area contributed by atoms with Crippen LogP contribution in [0.3, 0.4) is 0 Å². The van der Waals surface area contributed by atoms with Crippen molar-refractivity contribution >= 4 is 29.9 Å². The number of benzene rings is 1. The van der Waals surface area contributed by atoms with E-state index in [1.165, 1.54) is 0 Å². The number of piperidine rings is 1. The molecular weight excluding hydrogens is 392 g/mol. The van der Waals surface area contributed by atoms with Crippen LogP contribution < -0.4 is 16.0 Å². The van der Waals surface area contributed by atoms with Crippen molar-refractivity contribution in [2.45, 2.75) is 31.8 Å². The molecule has 1 fully saturated rings. The van der Waals surface area contributed by atoms with Crippen molar-refractivity contribution in [1.29, 1.82) is 0 Å². The van der Waals surface area contributed by atoms with Crippen molar-refractivity contribution in [1.82, 2.24) is 25.7 Å². The Balaban J connectivity index is 0.00000240. The molecule has 1 aromatic carbocycles. The van der Waals surface area contributed by atoms with Gasteiger partial charge in [-0.3, -0.25) is 19.6 Å². The largest absolute Gasteiger partial charge is 0.348 e. The minimum Gasteiger partial charge on any atom is -0.348 e. The van der Waals surface area contributed by atoms with Gasteiger partial charge < -0.3 is 16.0 Å². The quantitative estimate of drug-likeness (QED) is 0.586. The maximum absolute atomic E-state index is 12.6. The molecule has 0 spiro atoms. The first-order valence-electron chi connectivity index (χ1n) is 9.84. The summed E-state index contributed by atoms with van der Waals surface area (Å²) >= 11 is 0. The number of carbonyl (C=O) groups excluding carboxylic acids is 2. The van der Waals surface area contributed by atoms with Crippen LogP contribution in [0.5, 0.6) is 0 Å². The smallest absolute Gasteiger partial charge is 0.272 e. The molecule has 0 saturated carbocycles. The summed E-state index contributed by atoms with van der Waals surface area (Å²) in [6, 6.07) is 9.59.